The Morgan fingerprint density at radius 2 is 2.17 bits per heavy atom. The first kappa shape index (κ1) is 16.7. The molecule has 2 aromatic rings. The van der Waals surface area contributed by atoms with Gasteiger partial charge in [0.05, 0.1) is 12.2 Å². The Bertz CT molecular complexity index is 718. The number of aliphatic hydroxyl groups is 1. The molecular formula is C19H24N2O3. The van der Waals surface area contributed by atoms with Crippen LogP contribution in [-0.2, 0) is 23.2 Å². The summed E-state index contributed by atoms with van der Waals surface area (Å²) in [4.78, 5) is 12.2. The molecule has 1 aliphatic carbocycles. The topological polar surface area (TPSA) is 75.4 Å². The van der Waals surface area contributed by atoms with E-state index < -0.39 is 5.60 Å². The Morgan fingerprint density at radius 1 is 1.38 bits per heavy atom. The number of aromatic nitrogens is 1. The van der Waals surface area contributed by atoms with Crippen LogP contribution in [0.2, 0.25) is 0 Å². The number of aryl methyl sites for hydroxylation is 3. The SMILES string of the molecule is Cc1noc(C)c1CCC(=O)NCC1(O)CCCc2ccccc21. The molecule has 0 bridgehead atoms. The van der Waals surface area contributed by atoms with Crippen molar-refractivity contribution in [2.75, 3.05) is 6.54 Å². The lowest BCUT2D eigenvalue weighted by Crippen LogP contribution is -2.43. The Balaban J connectivity index is 1.59. The van der Waals surface area contributed by atoms with Crippen molar-refractivity contribution >= 4 is 5.91 Å². The smallest absolute Gasteiger partial charge is 0.220 e. The molecule has 0 spiro atoms. The van der Waals surface area contributed by atoms with E-state index in [-0.39, 0.29) is 12.5 Å². The van der Waals surface area contributed by atoms with Crippen molar-refractivity contribution in [2.24, 2.45) is 0 Å². The van der Waals surface area contributed by atoms with E-state index in [2.05, 4.69) is 16.5 Å². The first-order chi connectivity index (χ1) is 11.5. The molecule has 0 aliphatic heterocycles. The molecule has 2 N–H and O–H groups in total. The van der Waals surface area contributed by atoms with Crippen molar-refractivity contribution < 1.29 is 14.4 Å². The van der Waals surface area contributed by atoms with Crippen LogP contribution in [0.15, 0.2) is 28.8 Å². The van der Waals surface area contributed by atoms with E-state index in [1.165, 1.54) is 5.56 Å². The summed E-state index contributed by atoms with van der Waals surface area (Å²) in [5, 5.41) is 17.8. The lowest BCUT2D eigenvalue weighted by molar-refractivity contribution is -0.122. The van der Waals surface area contributed by atoms with Gasteiger partial charge < -0.3 is 14.9 Å². The first-order valence-corrected chi connectivity index (χ1v) is 8.49. The van der Waals surface area contributed by atoms with E-state index in [1.807, 2.05) is 32.0 Å². The van der Waals surface area contributed by atoms with Crippen molar-refractivity contribution in [3.8, 4) is 0 Å². The van der Waals surface area contributed by atoms with Crippen LogP contribution in [0.3, 0.4) is 0 Å². The van der Waals surface area contributed by atoms with E-state index in [4.69, 9.17) is 4.52 Å². The monoisotopic (exact) mass is 328 g/mol. The average Bonchev–Trinajstić information content (AvgIpc) is 2.90. The highest BCUT2D eigenvalue weighted by molar-refractivity contribution is 5.76. The van der Waals surface area contributed by atoms with Crippen LogP contribution in [0.5, 0.6) is 0 Å². The minimum absolute atomic E-state index is 0.0634. The summed E-state index contributed by atoms with van der Waals surface area (Å²) in [5.41, 5.74) is 2.98. The number of amides is 1. The van der Waals surface area contributed by atoms with Crippen molar-refractivity contribution in [1.82, 2.24) is 10.5 Å². The van der Waals surface area contributed by atoms with E-state index in [1.54, 1.807) is 0 Å². The molecule has 128 valence electrons. The van der Waals surface area contributed by atoms with E-state index in [0.29, 0.717) is 19.3 Å². The van der Waals surface area contributed by atoms with Crippen LogP contribution >= 0.6 is 0 Å². The molecule has 5 nitrogen and oxygen atoms in total. The maximum Gasteiger partial charge on any atom is 0.220 e. The van der Waals surface area contributed by atoms with Gasteiger partial charge in [0.25, 0.3) is 0 Å². The molecule has 1 aliphatic rings. The third-order valence-corrected chi connectivity index (χ3v) is 4.92. The van der Waals surface area contributed by atoms with Crippen LogP contribution in [0.4, 0.5) is 0 Å². The number of hydrogen-bond acceptors (Lipinski definition) is 4. The lowest BCUT2D eigenvalue weighted by Gasteiger charge is -2.34. The molecule has 0 radical (unpaired) electrons. The van der Waals surface area contributed by atoms with Crippen LogP contribution in [0, 0.1) is 13.8 Å². The molecule has 1 heterocycles. The lowest BCUT2D eigenvalue weighted by atomic mass is 9.79. The normalized spacial score (nSPS) is 19.8. The van der Waals surface area contributed by atoms with Crippen LogP contribution in [-0.4, -0.2) is 22.7 Å². The fourth-order valence-corrected chi connectivity index (χ4v) is 3.51. The number of benzene rings is 1. The molecule has 1 amide bonds. The molecule has 1 aromatic carbocycles. The van der Waals surface area contributed by atoms with E-state index in [9.17, 15) is 9.90 Å². The number of carbonyl (C=O) groups is 1. The number of hydrogen-bond donors (Lipinski definition) is 2. The second-order valence-electron chi connectivity index (χ2n) is 6.62. The fourth-order valence-electron chi connectivity index (χ4n) is 3.51. The van der Waals surface area contributed by atoms with E-state index >= 15 is 0 Å². The molecule has 5 heteroatoms. The zero-order valence-electron chi connectivity index (χ0n) is 14.3. The third kappa shape index (κ3) is 3.36. The summed E-state index contributed by atoms with van der Waals surface area (Å²) in [6.45, 7) is 3.99. The van der Waals surface area contributed by atoms with Crippen molar-refractivity contribution in [3.63, 3.8) is 0 Å². The number of nitrogens with zero attached hydrogens (tertiary/aromatic N) is 1. The van der Waals surface area contributed by atoms with Gasteiger partial charge in [-0.15, -0.1) is 0 Å². The highest BCUT2D eigenvalue weighted by Gasteiger charge is 2.34. The van der Waals surface area contributed by atoms with Gasteiger partial charge in [-0.25, -0.2) is 0 Å². The zero-order valence-corrected chi connectivity index (χ0v) is 14.3. The number of carbonyl (C=O) groups excluding carboxylic acids is 1. The van der Waals surface area contributed by atoms with E-state index in [0.717, 1.165) is 35.4 Å². The molecule has 1 unspecified atom stereocenters. The number of nitrogens with one attached hydrogen (secondary N) is 1. The standard InChI is InChI=1S/C19H24N2O3/c1-13-16(14(2)24-21-13)9-10-18(22)20-12-19(23)11-5-7-15-6-3-4-8-17(15)19/h3-4,6,8,23H,5,7,9-12H2,1-2H3,(H,20,22). The summed E-state index contributed by atoms with van der Waals surface area (Å²) in [5.74, 6) is 0.701. The van der Waals surface area contributed by atoms with Gasteiger partial charge in [-0.3, -0.25) is 4.79 Å². The maximum atomic E-state index is 12.2. The van der Waals surface area contributed by atoms with Crippen molar-refractivity contribution in [3.05, 3.63) is 52.4 Å². The third-order valence-electron chi connectivity index (χ3n) is 4.92. The molecule has 1 aromatic heterocycles. The molecule has 0 saturated heterocycles. The highest BCUT2D eigenvalue weighted by atomic mass is 16.5. The molecule has 3 rings (SSSR count). The van der Waals surface area contributed by atoms with Gasteiger partial charge in [0.2, 0.25) is 5.91 Å². The van der Waals surface area contributed by atoms with Gasteiger partial charge >= 0.3 is 0 Å². The minimum Gasteiger partial charge on any atom is -0.383 e. The minimum atomic E-state index is -0.965. The summed E-state index contributed by atoms with van der Waals surface area (Å²) in [6, 6.07) is 7.95. The maximum absolute atomic E-state index is 12.2. The first-order valence-electron chi connectivity index (χ1n) is 8.49. The summed E-state index contributed by atoms with van der Waals surface area (Å²) >= 11 is 0. The Morgan fingerprint density at radius 3 is 2.92 bits per heavy atom. The summed E-state index contributed by atoms with van der Waals surface area (Å²) in [7, 11) is 0. The average molecular weight is 328 g/mol. The predicted molar refractivity (Wildman–Crippen MR) is 90.6 cm³/mol. The number of rotatable bonds is 5. The largest absolute Gasteiger partial charge is 0.383 e. The van der Waals surface area contributed by atoms with Crippen LogP contribution < -0.4 is 5.32 Å². The van der Waals surface area contributed by atoms with Gasteiger partial charge in [-0.05, 0) is 50.7 Å². The molecule has 0 fully saturated rings. The van der Waals surface area contributed by atoms with Gasteiger partial charge in [0.15, 0.2) is 0 Å². The highest BCUT2D eigenvalue weighted by Crippen LogP contribution is 2.34. The Labute approximate surface area is 142 Å². The van der Waals surface area contributed by atoms with Gasteiger partial charge in [0.1, 0.15) is 11.4 Å². The predicted octanol–water partition coefficient (Wildman–Crippen LogP) is 2.56. The molecular weight excluding hydrogens is 304 g/mol. The van der Waals surface area contributed by atoms with Crippen LogP contribution in [0.1, 0.15) is 47.4 Å². The quantitative estimate of drug-likeness (QED) is 0.884. The Kier molecular flexibility index (Phi) is 4.71. The van der Waals surface area contributed by atoms with Crippen LogP contribution in [0.25, 0.3) is 0 Å². The van der Waals surface area contributed by atoms with Gasteiger partial charge in [-0.1, -0.05) is 29.4 Å². The molecule has 1 atom stereocenters. The molecule has 0 saturated carbocycles. The fraction of sp³-hybridized carbons (Fsp3) is 0.474. The van der Waals surface area contributed by atoms with Crippen molar-refractivity contribution in [1.29, 1.82) is 0 Å². The molecule has 24 heavy (non-hydrogen) atoms. The van der Waals surface area contributed by atoms with Gasteiger partial charge in [0, 0.05) is 12.0 Å². The second-order valence-corrected chi connectivity index (χ2v) is 6.62. The summed E-state index contributed by atoms with van der Waals surface area (Å²) < 4.78 is 5.12. The second kappa shape index (κ2) is 6.77. The zero-order chi connectivity index (χ0) is 17.2. The van der Waals surface area contributed by atoms with Crippen molar-refractivity contribution in [2.45, 2.75) is 51.6 Å². The Hall–Kier alpha value is -2.14. The summed E-state index contributed by atoms with van der Waals surface area (Å²) in [6.07, 6.45) is 3.55. The number of fused-ring (bicyclic) bond motifs is 1. The van der Waals surface area contributed by atoms with Gasteiger partial charge in [-0.2, -0.15) is 0 Å².